The molecule has 2 rings (SSSR count). The van der Waals surface area contributed by atoms with E-state index in [1.165, 1.54) is 12.5 Å². The van der Waals surface area contributed by atoms with Gasteiger partial charge < -0.3 is 15.8 Å². The topological polar surface area (TPSA) is 81.4 Å². The zero-order valence-electron chi connectivity index (χ0n) is 11.7. The lowest BCUT2D eigenvalue weighted by Crippen LogP contribution is -2.38. The number of hydrogen-bond acceptors (Lipinski definition) is 4. The first-order valence-electron chi connectivity index (χ1n) is 7.08. The van der Waals surface area contributed by atoms with Crippen molar-refractivity contribution in [1.29, 1.82) is 0 Å². The van der Waals surface area contributed by atoms with Gasteiger partial charge in [0, 0.05) is 11.7 Å². The molecular weight excluding hydrogens is 275 g/mol. The quantitative estimate of drug-likeness (QED) is 0.657. The lowest BCUT2D eigenvalue weighted by atomic mass is 9.95. The molecule has 1 saturated carbocycles. The standard InChI is InChI=1S/C15H19FN2O3/c16-10-6-7-13(17)12(8-10)15(20)21-9-14(19)18-11-4-2-1-3-5-11/h6-8,11H,1-5,9,17H2,(H,18,19). The second-order valence-electron chi connectivity index (χ2n) is 5.21. The molecule has 1 fully saturated rings. The maximum Gasteiger partial charge on any atom is 0.340 e. The van der Waals surface area contributed by atoms with E-state index in [0.717, 1.165) is 37.8 Å². The van der Waals surface area contributed by atoms with E-state index in [0.29, 0.717) is 0 Å². The highest BCUT2D eigenvalue weighted by Crippen LogP contribution is 2.17. The molecule has 1 amide bonds. The number of ether oxygens (including phenoxy) is 1. The van der Waals surface area contributed by atoms with Crippen LogP contribution >= 0.6 is 0 Å². The minimum Gasteiger partial charge on any atom is -0.452 e. The van der Waals surface area contributed by atoms with E-state index in [9.17, 15) is 14.0 Å². The highest BCUT2D eigenvalue weighted by atomic mass is 19.1. The van der Waals surface area contributed by atoms with Gasteiger partial charge in [-0.05, 0) is 31.0 Å². The first-order chi connectivity index (χ1) is 10.1. The Kier molecular flexibility index (Phi) is 5.14. The van der Waals surface area contributed by atoms with Gasteiger partial charge >= 0.3 is 5.97 Å². The molecule has 1 aliphatic carbocycles. The van der Waals surface area contributed by atoms with Crippen molar-refractivity contribution in [3.05, 3.63) is 29.6 Å². The van der Waals surface area contributed by atoms with Gasteiger partial charge in [0.1, 0.15) is 5.82 Å². The molecule has 0 saturated heterocycles. The molecular formula is C15H19FN2O3. The summed E-state index contributed by atoms with van der Waals surface area (Å²) in [7, 11) is 0. The van der Waals surface area contributed by atoms with Crippen molar-refractivity contribution in [3.63, 3.8) is 0 Å². The van der Waals surface area contributed by atoms with Gasteiger partial charge in [-0.2, -0.15) is 0 Å². The lowest BCUT2D eigenvalue weighted by molar-refractivity contribution is -0.125. The summed E-state index contributed by atoms with van der Waals surface area (Å²) in [5, 5.41) is 2.83. The molecule has 114 valence electrons. The van der Waals surface area contributed by atoms with Crippen LogP contribution in [0.3, 0.4) is 0 Å². The molecule has 5 nitrogen and oxygen atoms in total. The summed E-state index contributed by atoms with van der Waals surface area (Å²) in [5.74, 6) is -1.72. The smallest absolute Gasteiger partial charge is 0.340 e. The van der Waals surface area contributed by atoms with Crippen LogP contribution in [0.15, 0.2) is 18.2 Å². The molecule has 0 aliphatic heterocycles. The molecule has 0 radical (unpaired) electrons. The fraction of sp³-hybridized carbons (Fsp3) is 0.467. The maximum absolute atomic E-state index is 13.1. The van der Waals surface area contributed by atoms with Gasteiger partial charge in [0.2, 0.25) is 0 Å². The van der Waals surface area contributed by atoms with Crippen LogP contribution in [0.4, 0.5) is 10.1 Å². The minimum absolute atomic E-state index is 0.0690. The number of anilines is 1. The van der Waals surface area contributed by atoms with E-state index in [2.05, 4.69) is 5.32 Å². The molecule has 21 heavy (non-hydrogen) atoms. The second-order valence-corrected chi connectivity index (χ2v) is 5.21. The van der Waals surface area contributed by atoms with Crippen LogP contribution in [0.2, 0.25) is 0 Å². The summed E-state index contributed by atoms with van der Waals surface area (Å²) >= 11 is 0. The van der Waals surface area contributed by atoms with E-state index in [4.69, 9.17) is 10.5 Å². The molecule has 3 N–H and O–H groups in total. The lowest BCUT2D eigenvalue weighted by Gasteiger charge is -2.22. The number of esters is 1. The third-order valence-electron chi connectivity index (χ3n) is 3.54. The van der Waals surface area contributed by atoms with Crippen molar-refractivity contribution in [2.24, 2.45) is 0 Å². The van der Waals surface area contributed by atoms with E-state index in [1.54, 1.807) is 0 Å². The van der Waals surface area contributed by atoms with Gasteiger partial charge in [0.05, 0.1) is 5.56 Å². The Morgan fingerprint density at radius 2 is 2.00 bits per heavy atom. The molecule has 6 heteroatoms. The predicted octanol–water partition coefficient (Wildman–Crippen LogP) is 2.01. The molecule has 0 spiro atoms. The van der Waals surface area contributed by atoms with Crippen LogP contribution in [0.5, 0.6) is 0 Å². The second kappa shape index (κ2) is 7.06. The molecule has 1 aliphatic rings. The number of hydrogen-bond donors (Lipinski definition) is 2. The molecule has 0 bridgehead atoms. The maximum atomic E-state index is 13.1. The van der Waals surface area contributed by atoms with Crippen molar-refractivity contribution in [2.75, 3.05) is 12.3 Å². The normalized spacial score (nSPS) is 15.5. The number of benzene rings is 1. The Morgan fingerprint density at radius 3 is 2.71 bits per heavy atom. The van der Waals surface area contributed by atoms with Gasteiger partial charge in [-0.1, -0.05) is 19.3 Å². The van der Waals surface area contributed by atoms with E-state index in [1.807, 2.05) is 0 Å². The summed E-state index contributed by atoms with van der Waals surface area (Å²) < 4.78 is 17.9. The van der Waals surface area contributed by atoms with Crippen molar-refractivity contribution >= 4 is 17.6 Å². The van der Waals surface area contributed by atoms with Crippen LogP contribution in [0.1, 0.15) is 42.5 Å². The van der Waals surface area contributed by atoms with Gasteiger partial charge in [-0.3, -0.25) is 4.79 Å². The molecule has 0 atom stereocenters. The largest absolute Gasteiger partial charge is 0.452 e. The average molecular weight is 294 g/mol. The van der Waals surface area contributed by atoms with E-state index >= 15 is 0 Å². The molecule has 0 aromatic heterocycles. The fourth-order valence-corrected chi connectivity index (χ4v) is 2.43. The molecule has 0 unspecified atom stereocenters. The minimum atomic E-state index is -0.800. The Morgan fingerprint density at radius 1 is 1.29 bits per heavy atom. The Bertz CT molecular complexity index is 528. The van der Waals surface area contributed by atoms with Crippen LogP contribution in [-0.4, -0.2) is 24.5 Å². The Balaban J connectivity index is 1.82. The van der Waals surface area contributed by atoms with Crippen LogP contribution in [0.25, 0.3) is 0 Å². The van der Waals surface area contributed by atoms with Gasteiger partial charge in [-0.25, -0.2) is 9.18 Å². The predicted molar refractivity (Wildman–Crippen MR) is 76.1 cm³/mol. The number of carbonyl (C=O) groups is 2. The monoisotopic (exact) mass is 294 g/mol. The van der Waals surface area contributed by atoms with Gasteiger partial charge in [0.25, 0.3) is 5.91 Å². The molecule has 1 aromatic rings. The number of nitrogens with one attached hydrogen (secondary N) is 1. The first-order valence-corrected chi connectivity index (χ1v) is 7.08. The van der Waals surface area contributed by atoms with Crippen molar-refractivity contribution in [1.82, 2.24) is 5.32 Å². The van der Waals surface area contributed by atoms with Crippen molar-refractivity contribution < 1.29 is 18.7 Å². The zero-order valence-corrected chi connectivity index (χ0v) is 11.7. The van der Waals surface area contributed by atoms with Crippen LogP contribution in [-0.2, 0) is 9.53 Å². The Hall–Kier alpha value is -2.11. The number of amides is 1. The Labute approximate surface area is 122 Å². The number of nitrogen functional groups attached to an aromatic ring is 1. The van der Waals surface area contributed by atoms with Crippen LogP contribution in [0, 0.1) is 5.82 Å². The highest BCUT2D eigenvalue weighted by Gasteiger charge is 2.18. The summed E-state index contributed by atoms with van der Waals surface area (Å²) in [4.78, 5) is 23.5. The zero-order chi connectivity index (χ0) is 15.2. The molecule has 0 heterocycles. The molecule has 1 aromatic carbocycles. The summed E-state index contributed by atoms with van der Waals surface area (Å²) in [5.41, 5.74) is 5.63. The number of nitrogens with two attached hydrogens (primary N) is 1. The third kappa shape index (κ3) is 4.44. The summed E-state index contributed by atoms with van der Waals surface area (Å²) in [6.07, 6.45) is 5.31. The third-order valence-corrected chi connectivity index (χ3v) is 3.54. The van der Waals surface area contributed by atoms with E-state index < -0.39 is 11.8 Å². The van der Waals surface area contributed by atoms with Crippen molar-refractivity contribution in [3.8, 4) is 0 Å². The number of halogens is 1. The number of rotatable bonds is 4. The van der Waals surface area contributed by atoms with Gasteiger partial charge in [0.15, 0.2) is 6.61 Å². The van der Waals surface area contributed by atoms with Crippen molar-refractivity contribution in [2.45, 2.75) is 38.1 Å². The van der Waals surface area contributed by atoms with E-state index in [-0.39, 0.29) is 29.8 Å². The fourth-order valence-electron chi connectivity index (χ4n) is 2.43. The highest BCUT2D eigenvalue weighted by molar-refractivity contribution is 5.96. The van der Waals surface area contributed by atoms with Crippen LogP contribution < -0.4 is 11.1 Å². The summed E-state index contributed by atoms with van der Waals surface area (Å²) in [6, 6.07) is 3.59. The van der Waals surface area contributed by atoms with Gasteiger partial charge in [-0.15, -0.1) is 0 Å². The first kappa shape index (κ1) is 15.3. The average Bonchev–Trinajstić information content (AvgIpc) is 2.48. The number of carbonyl (C=O) groups excluding carboxylic acids is 2. The summed E-state index contributed by atoms with van der Waals surface area (Å²) in [6.45, 7) is -0.384. The SMILES string of the molecule is Nc1ccc(F)cc1C(=O)OCC(=O)NC1CCCCC1.